The number of rotatable bonds is 8. The number of methoxy groups -OCH3 is 1. The lowest BCUT2D eigenvalue weighted by Crippen LogP contribution is -2.47. The largest absolute Gasteiger partial charge is 0.497 e. The number of nitrogens with zero attached hydrogens (tertiary/aromatic N) is 2. The highest BCUT2D eigenvalue weighted by molar-refractivity contribution is 5.76. The van der Waals surface area contributed by atoms with E-state index in [9.17, 15) is 4.79 Å². The second-order valence-electron chi connectivity index (χ2n) is 7.48. The zero-order valence-corrected chi connectivity index (χ0v) is 16.6. The fourth-order valence-corrected chi connectivity index (χ4v) is 3.86. The van der Waals surface area contributed by atoms with E-state index in [1.54, 1.807) is 7.11 Å². The minimum Gasteiger partial charge on any atom is -0.497 e. The summed E-state index contributed by atoms with van der Waals surface area (Å²) in [6, 6.07) is 8.25. The zero-order chi connectivity index (χ0) is 18.9. The molecule has 1 N–H and O–H groups in total. The van der Waals surface area contributed by atoms with Gasteiger partial charge < -0.3 is 15.0 Å². The maximum absolute atomic E-state index is 12.1. The van der Waals surface area contributed by atoms with Crippen LogP contribution in [0.25, 0.3) is 0 Å². The van der Waals surface area contributed by atoms with E-state index in [1.807, 2.05) is 12.1 Å². The number of piperazine rings is 1. The summed E-state index contributed by atoms with van der Waals surface area (Å²) in [6.07, 6.45) is 9.04. The van der Waals surface area contributed by atoms with Crippen molar-refractivity contribution >= 4 is 11.6 Å². The molecule has 3 rings (SSSR count). The molecule has 0 radical (unpaired) electrons. The molecule has 0 saturated carbocycles. The van der Waals surface area contributed by atoms with Crippen molar-refractivity contribution in [1.29, 1.82) is 0 Å². The second kappa shape index (κ2) is 10.4. The summed E-state index contributed by atoms with van der Waals surface area (Å²) >= 11 is 0. The Labute approximate surface area is 163 Å². The van der Waals surface area contributed by atoms with Gasteiger partial charge in [-0.15, -0.1) is 0 Å². The van der Waals surface area contributed by atoms with Crippen LogP contribution in [-0.4, -0.2) is 57.2 Å². The van der Waals surface area contributed by atoms with Gasteiger partial charge in [0.2, 0.25) is 5.91 Å². The van der Waals surface area contributed by atoms with Gasteiger partial charge in [-0.2, -0.15) is 0 Å². The third kappa shape index (κ3) is 6.28. The van der Waals surface area contributed by atoms with E-state index >= 15 is 0 Å². The number of amides is 1. The Morgan fingerprint density at radius 2 is 1.89 bits per heavy atom. The minimum atomic E-state index is 0.184. The molecule has 0 spiro atoms. The van der Waals surface area contributed by atoms with Crippen molar-refractivity contribution < 1.29 is 9.53 Å². The predicted octanol–water partition coefficient (Wildman–Crippen LogP) is 3.21. The van der Waals surface area contributed by atoms with Crippen LogP contribution in [0.3, 0.4) is 0 Å². The molecule has 5 heteroatoms. The molecule has 1 fully saturated rings. The molecule has 0 atom stereocenters. The molecule has 0 bridgehead atoms. The maximum atomic E-state index is 12.1. The third-order valence-corrected chi connectivity index (χ3v) is 5.62. The van der Waals surface area contributed by atoms with Crippen LogP contribution in [0, 0.1) is 0 Å². The third-order valence-electron chi connectivity index (χ3n) is 5.62. The summed E-state index contributed by atoms with van der Waals surface area (Å²) in [4.78, 5) is 16.9. The summed E-state index contributed by atoms with van der Waals surface area (Å²) in [6.45, 7) is 5.66. The molecule has 148 valence electrons. The minimum absolute atomic E-state index is 0.184. The normalized spacial score (nSPS) is 18.1. The molecule has 2 aliphatic rings. The molecule has 1 aromatic rings. The summed E-state index contributed by atoms with van der Waals surface area (Å²) in [5.74, 6) is 1.08. The van der Waals surface area contributed by atoms with Crippen LogP contribution in [0.15, 0.2) is 35.9 Å². The monoisotopic (exact) mass is 371 g/mol. The van der Waals surface area contributed by atoms with Crippen LogP contribution in [0.4, 0.5) is 5.69 Å². The first kappa shape index (κ1) is 19.7. The van der Waals surface area contributed by atoms with Crippen LogP contribution < -0.4 is 15.0 Å². The molecule has 0 unspecified atom stereocenters. The van der Waals surface area contributed by atoms with E-state index in [2.05, 4.69) is 33.3 Å². The fourth-order valence-electron chi connectivity index (χ4n) is 3.86. The van der Waals surface area contributed by atoms with Crippen LogP contribution in [0.2, 0.25) is 0 Å². The molecule has 27 heavy (non-hydrogen) atoms. The lowest BCUT2D eigenvalue weighted by atomic mass is 9.97. The number of hydrogen-bond acceptors (Lipinski definition) is 4. The Morgan fingerprint density at radius 3 is 2.56 bits per heavy atom. The number of carbonyl (C=O) groups excluding carboxylic acids is 1. The molecular formula is C22H33N3O2. The van der Waals surface area contributed by atoms with Crippen molar-refractivity contribution in [3.05, 3.63) is 35.9 Å². The summed E-state index contributed by atoms with van der Waals surface area (Å²) in [7, 11) is 1.69. The van der Waals surface area contributed by atoms with E-state index in [-0.39, 0.29) is 5.91 Å². The molecule has 5 nitrogen and oxygen atoms in total. The van der Waals surface area contributed by atoms with Crippen molar-refractivity contribution in [1.82, 2.24) is 10.2 Å². The molecule has 1 heterocycles. The van der Waals surface area contributed by atoms with Gasteiger partial charge >= 0.3 is 0 Å². The first-order chi connectivity index (χ1) is 13.2. The standard InChI is InChI=1S/C22H33N3O2/c1-27-21-9-7-20(8-10-21)25-17-15-24(16-18-25)14-12-22(26)23-13-11-19-5-3-2-4-6-19/h5,7-10H,2-4,6,11-18H2,1H3,(H,23,26). The summed E-state index contributed by atoms with van der Waals surface area (Å²) in [5.41, 5.74) is 2.77. The maximum Gasteiger partial charge on any atom is 0.221 e. The average molecular weight is 372 g/mol. The van der Waals surface area contributed by atoms with Crippen molar-refractivity contribution in [3.63, 3.8) is 0 Å². The van der Waals surface area contributed by atoms with Crippen LogP contribution >= 0.6 is 0 Å². The highest BCUT2D eigenvalue weighted by Gasteiger charge is 2.17. The predicted molar refractivity (Wildman–Crippen MR) is 110 cm³/mol. The molecular weight excluding hydrogens is 338 g/mol. The van der Waals surface area contributed by atoms with Gasteiger partial charge in [-0.1, -0.05) is 11.6 Å². The van der Waals surface area contributed by atoms with Gasteiger partial charge in [0.05, 0.1) is 7.11 Å². The van der Waals surface area contributed by atoms with Crippen molar-refractivity contribution in [2.24, 2.45) is 0 Å². The number of allylic oxidation sites excluding steroid dienone is 1. The van der Waals surface area contributed by atoms with Crippen LogP contribution in [0.1, 0.15) is 38.5 Å². The quantitative estimate of drug-likeness (QED) is 0.713. The van der Waals surface area contributed by atoms with Gasteiger partial charge in [0.15, 0.2) is 0 Å². The van der Waals surface area contributed by atoms with E-state index in [0.29, 0.717) is 6.42 Å². The Kier molecular flexibility index (Phi) is 7.57. The number of hydrogen-bond donors (Lipinski definition) is 1. The van der Waals surface area contributed by atoms with Gasteiger partial charge in [-0.3, -0.25) is 9.69 Å². The van der Waals surface area contributed by atoms with Crippen molar-refractivity contribution in [2.45, 2.75) is 38.5 Å². The van der Waals surface area contributed by atoms with E-state index in [4.69, 9.17) is 4.74 Å². The van der Waals surface area contributed by atoms with Gasteiger partial charge in [0.25, 0.3) is 0 Å². The van der Waals surface area contributed by atoms with Crippen LogP contribution in [-0.2, 0) is 4.79 Å². The van der Waals surface area contributed by atoms with Crippen molar-refractivity contribution in [2.75, 3.05) is 51.3 Å². The zero-order valence-electron chi connectivity index (χ0n) is 16.6. The highest BCUT2D eigenvalue weighted by atomic mass is 16.5. The Balaban J connectivity index is 1.30. The summed E-state index contributed by atoms with van der Waals surface area (Å²) < 4.78 is 5.22. The Hall–Kier alpha value is -2.01. The molecule has 1 aliphatic heterocycles. The number of benzene rings is 1. The van der Waals surface area contributed by atoms with Gasteiger partial charge in [0.1, 0.15) is 5.75 Å². The van der Waals surface area contributed by atoms with E-state index in [1.165, 1.54) is 36.9 Å². The topological polar surface area (TPSA) is 44.8 Å². The Bertz CT molecular complexity index is 619. The number of nitrogens with one attached hydrogen (secondary N) is 1. The molecule has 1 aromatic carbocycles. The van der Waals surface area contributed by atoms with Crippen LogP contribution in [0.5, 0.6) is 5.75 Å². The van der Waals surface area contributed by atoms with Gasteiger partial charge in [-0.05, 0) is 56.4 Å². The SMILES string of the molecule is COc1ccc(N2CCN(CCC(=O)NCCC3=CCCCC3)CC2)cc1. The first-order valence-electron chi connectivity index (χ1n) is 10.3. The second-order valence-corrected chi connectivity index (χ2v) is 7.48. The number of anilines is 1. The lowest BCUT2D eigenvalue weighted by molar-refractivity contribution is -0.121. The van der Waals surface area contributed by atoms with Gasteiger partial charge in [-0.25, -0.2) is 0 Å². The highest BCUT2D eigenvalue weighted by Crippen LogP contribution is 2.21. The number of ether oxygens (including phenoxy) is 1. The first-order valence-corrected chi connectivity index (χ1v) is 10.3. The number of carbonyl (C=O) groups is 1. The lowest BCUT2D eigenvalue weighted by Gasteiger charge is -2.36. The average Bonchev–Trinajstić information content (AvgIpc) is 2.73. The fraction of sp³-hybridized carbons (Fsp3) is 0.591. The molecule has 1 saturated heterocycles. The summed E-state index contributed by atoms with van der Waals surface area (Å²) in [5, 5.41) is 3.09. The Morgan fingerprint density at radius 1 is 1.11 bits per heavy atom. The molecule has 0 aromatic heterocycles. The van der Waals surface area contributed by atoms with E-state index < -0.39 is 0 Å². The van der Waals surface area contributed by atoms with E-state index in [0.717, 1.165) is 51.4 Å². The molecule has 1 amide bonds. The van der Waals surface area contributed by atoms with Gasteiger partial charge in [0, 0.05) is 51.4 Å². The smallest absolute Gasteiger partial charge is 0.221 e. The van der Waals surface area contributed by atoms with Crippen molar-refractivity contribution in [3.8, 4) is 5.75 Å². The molecule has 1 aliphatic carbocycles.